The molecule has 0 aliphatic heterocycles. The average molecular weight is 211 g/mol. The normalized spacial score (nSPS) is 20.3. The Balaban J connectivity index is 1.54. The van der Waals surface area contributed by atoms with Gasteiger partial charge in [-0.2, -0.15) is 0 Å². The van der Waals surface area contributed by atoms with Gasteiger partial charge in [-0.1, -0.05) is 0 Å². The molecule has 0 aromatic heterocycles. The van der Waals surface area contributed by atoms with Gasteiger partial charge in [-0.3, -0.25) is 4.79 Å². The summed E-state index contributed by atoms with van der Waals surface area (Å²) in [5, 5.41) is 8.17. The molecule has 0 bridgehead atoms. The summed E-state index contributed by atoms with van der Waals surface area (Å²) in [6, 6.07) is 0.441. The molecule has 84 valence electrons. The first-order chi connectivity index (χ1) is 7.24. The number of carbonyl (C=O) groups is 2. The van der Waals surface area contributed by atoms with Crippen LogP contribution in [0.2, 0.25) is 0 Å². The molecule has 2 aliphatic carbocycles. The van der Waals surface area contributed by atoms with Crippen LogP contribution in [0.4, 0.5) is 4.79 Å². The highest BCUT2D eigenvalue weighted by atomic mass is 16.2. The fourth-order valence-electron chi connectivity index (χ4n) is 1.46. The first-order valence-corrected chi connectivity index (χ1v) is 5.58. The lowest BCUT2D eigenvalue weighted by Gasteiger charge is -2.26. The number of amides is 3. The predicted molar refractivity (Wildman–Crippen MR) is 55.3 cm³/mol. The van der Waals surface area contributed by atoms with Crippen LogP contribution < -0.4 is 16.0 Å². The minimum Gasteiger partial charge on any atom is -0.352 e. The lowest BCUT2D eigenvalue weighted by atomic mass is 9.93. The lowest BCUT2D eigenvalue weighted by Crippen LogP contribution is -2.48. The Kier molecular flexibility index (Phi) is 3.08. The van der Waals surface area contributed by atoms with Gasteiger partial charge in [0, 0.05) is 12.1 Å². The highest BCUT2D eigenvalue weighted by molar-refractivity contribution is 5.84. The topological polar surface area (TPSA) is 70.2 Å². The van der Waals surface area contributed by atoms with Crippen LogP contribution >= 0.6 is 0 Å². The van der Waals surface area contributed by atoms with Crippen LogP contribution in [0.1, 0.15) is 32.1 Å². The molecule has 0 radical (unpaired) electrons. The van der Waals surface area contributed by atoms with Crippen LogP contribution in [0.15, 0.2) is 0 Å². The number of urea groups is 1. The van der Waals surface area contributed by atoms with Crippen LogP contribution in [-0.2, 0) is 4.79 Å². The van der Waals surface area contributed by atoms with Crippen LogP contribution in [0.25, 0.3) is 0 Å². The van der Waals surface area contributed by atoms with Gasteiger partial charge in [0.2, 0.25) is 5.91 Å². The van der Waals surface area contributed by atoms with E-state index in [0.29, 0.717) is 12.1 Å². The molecule has 3 amide bonds. The Hall–Kier alpha value is -1.26. The summed E-state index contributed by atoms with van der Waals surface area (Å²) in [6.07, 6.45) is 5.44. The number of hydrogen-bond donors (Lipinski definition) is 3. The maximum atomic E-state index is 11.2. The van der Waals surface area contributed by atoms with Gasteiger partial charge in [0.25, 0.3) is 0 Å². The molecule has 0 atom stereocenters. The third kappa shape index (κ3) is 3.42. The standard InChI is InChI=1S/C10H17N3O2/c14-9(12-8-4-5-8)6-11-10(15)13-7-2-1-3-7/h7-8H,1-6H2,(H,12,14)(H2,11,13,15). The molecule has 0 aromatic rings. The van der Waals surface area contributed by atoms with Crippen molar-refractivity contribution < 1.29 is 9.59 Å². The van der Waals surface area contributed by atoms with E-state index in [1.807, 2.05) is 0 Å². The first kappa shape index (κ1) is 10.3. The number of nitrogens with one attached hydrogen (secondary N) is 3. The third-order valence-electron chi connectivity index (χ3n) is 2.79. The second-order valence-corrected chi connectivity index (χ2v) is 4.30. The summed E-state index contributed by atoms with van der Waals surface area (Å²) in [6.45, 7) is 0.0784. The van der Waals surface area contributed by atoms with Gasteiger partial charge in [0.1, 0.15) is 0 Å². The number of carbonyl (C=O) groups excluding carboxylic acids is 2. The Morgan fingerprint density at radius 2 is 1.67 bits per heavy atom. The van der Waals surface area contributed by atoms with Gasteiger partial charge in [0.05, 0.1) is 6.54 Å². The summed E-state index contributed by atoms with van der Waals surface area (Å²) in [5.74, 6) is -0.0961. The zero-order valence-corrected chi connectivity index (χ0v) is 8.71. The minimum absolute atomic E-state index is 0.0784. The van der Waals surface area contributed by atoms with Crippen molar-refractivity contribution in [2.45, 2.75) is 44.2 Å². The summed E-state index contributed by atoms with van der Waals surface area (Å²) < 4.78 is 0. The minimum atomic E-state index is -0.231. The quantitative estimate of drug-likeness (QED) is 0.618. The molecule has 0 spiro atoms. The van der Waals surface area contributed by atoms with Crippen molar-refractivity contribution >= 4 is 11.9 Å². The Bertz CT molecular complexity index is 259. The summed E-state index contributed by atoms with van der Waals surface area (Å²) in [4.78, 5) is 22.5. The maximum Gasteiger partial charge on any atom is 0.315 e. The Labute approximate surface area is 89.0 Å². The second-order valence-electron chi connectivity index (χ2n) is 4.30. The zero-order valence-electron chi connectivity index (χ0n) is 8.71. The lowest BCUT2D eigenvalue weighted by molar-refractivity contribution is -0.120. The van der Waals surface area contributed by atoms with Gasteiger partial charge < -0.3 is 16.0 Å². The van der Waals surface area contributed by atoms with E-state index in [1.165, 1.54) is 6.42 Å². The molecule has 15 heavy (non-hydrogen) atoms. The van der Waals surface area contributed by atoms with Crippen LogP contribution in [-0.4, -0.2) is 30.6 Å². The highest BCUT2D eigenvalue weighted by Crippen LogP contribution is 2.18. The van der Waals surface area contributed by atoms with Crippen molar-refractivity contribution in [2.24, 2.45) is 0 Å². The number of rotatable bonds is 4. The van der Waals surface area contributed by atoms with E-state index in [2.05, 4.69) is 16.0 Å². The summed E-state index contributed by atoms with van der Waals surface area (Å²) in [7, 11) is 0. The van der Waals surface area contributed by atoms with Crippen molar-refractivity contribution in [3.63, 3.8) is 0 Å². The van der Waals surface area contributed by atoms with Gasteiger partial charge >= 0.3 is 6.03 Å². The number of hydrogen-bond acceptors (Lipinski definition) is 2. The van der Waals surface area contributed by atoms with Crippen LogP contribution in [0, 0.1) is 0 Å². The van der Waals surface area contributed by atoms with Gasteiger partial charge in [-0.05, 0) is 32.1 Å². The van der Waals surface area contributed by atoms with Gasteiger partial charge in [-0.15, -0.1) is 0 Å². The van der Waals surface area contributed by atoms with Crippen molar-refractivity contribution in [2.75, 3.05) is 6.54 Å². The molecule has 2 fully saturated rings. The molecule has 0 heterocycles. The molecule has 5 nitrogen and oxygen atoms in total. The van der Waals surface area contributed by atoms with Gasteiger partial charge in [-0.25, -0.2) is 4.79 Å². The molecule has 2 rings (SSSR count). The summed E-state index contributed by atoms with van der Waals surface area (Å²) in [5.41, 5.74) is 0. The van der Waals surface area contributed by atoms with Crippen molar-refractivity contribution in [3.8, 4) is 0 Å². The van der Waals surface area contributed by atoms with Crippen molar-refractivity contribution in [1.29, 1.82) is 0 Å². The van der Waals surface area contributed by atoms with Crippen LogP contribution in [0.3, 0.4) is 0 Å². The molecule has 2 saturated carbocycles. The van der Waals surface area contributed by atoms with Gasteiger partial charge in [0.15, 0.2) is 0 Å². The van der Waals surface area contributed by atoms with E-state index in [0.717, 1.165) is 25.7 Å². The van der Waals surface area contributed by atoms with E-state index in [4.69, 9.17) is 0 Å². The fraction of sp³-hybridized carbons (Fsp3) is 0.800. The van der Waals surface area contributed by atoms with E-state index in [9.17, 15) is 9.59 Å². The molecule has 0 saturated heterocycles. The highest BCUT2D eigenvalue weighted by Gasteiger charge is 2.23. The molecule has 0 unspecified atom stereocenters. The largest absolute Gasteiger partial charge is 0.352 e. The fourth-order valence-corrected chi connectivity index (χ4v) is 1.46. The van der Waals surface area contributed by atoms with E-state index in [1.54, 1.807) is 0 Å². The maximum absolute atomic E-state index is 11.2. The van der Waals surface area contributed by atoms with Crippen molar-refractivity contribution in [1.82, 2.24) is 16.0 Å². The van der Waals surface area contributed by atoms with E-state index < -0.39 is 0 Å². The Morgan fingerprint density at radius 1 is 1.00 bits per heavy atom. The average Bonchev–Trinajstić information content (AvgIpc) is 2.92. The zero-order chi connectivity index (χ0) is 10.7. The van der Waals surface area contributed by atoms with Crippen molar-refractivity contribution in [3.05, 3.63) is 0 Å². The molecular formula is C10H17N3O2. The monoisotopic (exact) mass is 211 g/mol. The smallest absolute Gasteiger partial charge is 0.315 e. The van der Waals surface area contributed by atoms with E-state index in [-0.39, 0.29) is 18.5 Å². The molecular weight excluding hydrogens is 194 g/mol. The second kappa shape index (κ2) is 4.51. The molecule has 0 aromatic carbocycles. The molecule has 2 aliphatic rings. The Morgan fingerprint density at radius 3 is 2.20 bits per heavy atom. The summed E-state index contributed by atoms with van der Waals surface area (Å²) >= 11 is 0. The first-order valence-electron chi connectivity index (χ1n) is 5.58. The van der Waals surface area contributed by atoms with Crippen LogP contribution in [0.5, 0.6) is 0 Å². The van der Waals surface area contributed by atoms with E-state index >= 15 is 0 Å². The predicted octanol–water partition coefficient (Wildman–Crippen LogP) is 0.117. The molecule has 3 N–H and O–H groups in total. The SMILES string of the molecule is O=C(CNC(=O)NC1CCC1)NC1CC1. The molecule has 5 heteroatoms. The third-order valence-corrected chi connectivity index (χ3v) is 2.79.